The molecule has 2 N–H and O–H groups in total. The Morgan fingerprint density at radius 3 is 2.40 bits per heavy atom. The average molecular weight is 342 g/mol. The van der Waals surface area contributed by atoms with Crippen LogP contribution >= 0.6 is 15.9 Å². The Labute approximate surface area is 124 Å². The molecule has 0 amide bonds. The molecule has 2 aromatic carbocycles. The van der Waals surface area contributed by atoms with E-state index in [9.17, 15) is 8.78 Å². The van der Waals surface area contributed by atoms with Crippen molar-refractivity contribution < 1.29 is 13.5 Å². The molecule has 20 heavy (non-hydrogen) atoms. The van der Waals surface area contributed by atoms with Crippen LogP contribution in [-0.2, 0) is 0 Å². The van der Waals surface area contributed by atoms with Gasteiger partial charge in [-0.2, -0.15) is 0 Å². The minimum Gasteiger partial charge on any atom is -0.496 e. The maximum absolute atomic E-state index is 14.0. The lowest BCUT2D eigenvalue weighted by molar-refractivity contribution is 0.403. The van der Waals surface area contributed by atoms with E-state index in [0.29, 0.717) is 11.1 Å². The highest BCUT2D eigenvalue weighted by atomic mass is 79.9. The number of hydrogen-bond acceptors (Lipinski definition) is 2. The third-order valence-corrected chi connectivity index (χ3v) is 3.71. The molecule has 0 aliphatic heterocycles. The maximum atomic E-state index is 14.0. The summed E-state index contributed by atoms with van der Waals surface area (Å²) in [6.07, 6.45) is 0. The van der Waals surface area contributed by atoms with Crippen molar-refractivity contribution in [3.8, 4) is 5.75 Å². The van der Waals surface area contributed by atoms with E-state index in [1.165, 1.54) is 25.3 Å². The van der Waals surface area contributed by atoms with Gasteiger partial charge in [0, 0.05) is 17.2 Å². The molecule has 0 radical (unpaired) electrons. The first-order valence-electron chi connectivity index (χ1n) is 5.98. The van der Waals surface area contributed by atoms with E-state index in [1.807, 2.05) is 0 Å². The second-order valence-electron chi connectivity index (χ2n) is 4.51. The average Bonchev–Trinajstić information content (AvgIpc) is 2.40. The van der Waals surface area contributed by atoms with Gasteiger partial charge < -0.3 is 10.5 Å². The van der Waals surface area contributed by atoms with Gasteiger partial charge in [0.25, 0.3) is 0 Å². The molecule has 0 aliphatic carbocycles. The molecular weight excluding hydrogens is 328 g/mol. The third kappa shape index (κ3) is 2.83. The summed E-state index contributed by atoms with van der Waals surface area (Å²) < 4.78 is 32.9. The quantitative estimate of drug-likeness (QED) is 0.912. The van der Waals surface area contributed by atoms with Crippen LogP contribution in [0.3, 0.4) is 0 Å². The molecule has 1 unspecified atom stereocenters. The van der Waals surface area contributed by atoms with Crippen molar-refractivity contribution in [2.75, 3.05) is 7.11 Å². The van der Waals surface area contributed by atoms with E-state index in [0.717, 1.165) is 5.56 Å². The molecule has 0 saturated carbocycles. The summed E-state index contributed by atoms with van der Waals surface area (Å²) >= 11 is 3.10. The number of benzene rings is 2. The summed E-state index contributed by atoms with van der Waals surface area (Å²) in [5, 5.41) is 0. The Morgan fingerprint density at radius 1 is 1.10 bits per heavy atom. The van der Waals surface area contributed by atoms with Gasteiger partial charge in [0.15, 0.2) is 0 Å². The Bertz CT molecular complexity index is 646. The van der Waals surface area contributed by atoms with E-state index in [4.69, 9.17) is 10.5 Å². The number of nitrogens with two attached hydrogens (primary N) is 1. The standard InChI is InChI=1S/C15H14BrF2NO/c1-8-3-4-9(12(17)5-8)15(19)10-6-11(16)13(18)7-14(10)20-2/h3-7,15H,19H2,1-2H3. The lowest BCUT2D eigenvalue weighted by atomic mass is 9.97. The lowest BCUT2D eigenvalue weighted by Gasteiger charge is -2.17. The number of aryl methyl sites for hydroxylation is 1. The van der Waals surface area contributed by atoms with Gasteiger partial charge in [0.1, 0.15) is 17.4 Å². The maximum Gasteiger partial charge on any atom is 0.141 e. The van der Waals surface area contributed by atoms with E-state index in [2.05, 4.69) is 15.9 Å². The molecule has 0 aliphatic rings. The SMILES string of the molecule is COc1cc(F)c(Br)cc1C(N)c1ccc(C)cc1F. The fourth-order valence-corrected chi connectivity index (χ4v) is 2.38. The van der Waals surface area contributed by atoms with Crippen LogP contribution in [0.4, 0.5) is 8.78 Å². The van der Waals surface area contributed by atoms with Gasteiger partial charge in [-0.15, -0.1) is 0 Å². The van der Waals surface area contributed by atoms with Crippen molar-refractivity contribution >= 4 is 15.9 Å². The normalized spacial score (nSPS) is 12.3. The highest BCUT2D eigenvalue weighted by molar-refractivity contribution is 9.10. The first kappa shape index (κ1) is 14.9. The molecule has 2 nitrogen and oxygen atoms in total. The van der Waals surface area contributed by atoms with E-state index < -0.39 is 11.9 Å². The van der Waals surface area contributed by atoms with Crippen LogP contribution in [0.2, 0.25) is 0 Å². The molecule has 0 saturated heterocycles. The smallest absolute Gasteiger partial charge is 0.141 e. The molecule has 5 heteroatoms. The predicted molar refractivity (Wildman–Crippen MR) is 77.8 cm³/mol. The van der Waals surface area contributed by atoms with Crippen molar-refractivity contribution in [2.45, 2.75) is 13.0 Å². The van der Waals surface area contributed by atoms with Gasteiger partial charge in [-0.05, 0) is 40.5 Å². The summed E-state index contributed by atoms with van der Waals surface area (Å²) in [6, 6.07) is 6.83. The third-order valence-electron chi connectivity index (χ3n) is 3.10. The number of hydrogen-bond donors (Lipinski definition) is 1. The van der Waals surface area contributed by atoms with Gasteiger partial charge in [-0.1, -0.05) is 12.1 Å². The number of rotatable bonds is 3. The van der Waals surface area contributed by atoms with E-state index >= 15 is 0 Å². The second kappa shape index (κ2) is 5.89. The van der Waals surface area contributed by atoms with Crippen molar-refractivity contribution in [1.82, 2.24) is 0 Å². The van der Waals surface area contributed by atoms with Crippen molar-refractivity contribution in [1.29, 1.82) is 0 Å². The van der Waals surface area contributed by atoms with Crippen molar-refractivity contribution in [2.24, 2.45) is 5.73 Å². The summed E-state index contributed by atoms with van der Waals surface area (Å²) in [5.74, 6) is -0.555. The zero-order valence-electron chi connectivity index (χ0n) is 11.1. The Kier molecular flexibility index (Phi) is 4.40. The summed E-state index contributed by atoms with van der Waals surface area (Å²) in [4.78, 5) is 0. The largest absolute Gasteiger partial charge is 0.496 e. The minimum absolute atomic E-state index is 0.260. The van der Waals surface area contributed by atoms with Crippen LogP contribution in [0, 0.1) is 18.6 Å². The summed E-state index contributed by atoms with van der Waals surface area (Å²) in [5.41, 5.74) is 7.77. The van der Waals surface area contributed by atoms with Crippen LogP contribution in [0.1, 0.15) is 22.7 Å². The zero-order chi connectivity index (χ0) is 14.9. The van der Waals surface area contributed by atoms with E-state index in [1.54, 1.807) is 19.1 Å². The van der Waals surface area contributed by atoms with Crippen molar-refractivity contribution in [3.63, 3.8) is 0 Å². The van der Waals surface area contributed by atoms with Crippen LogP contribution in [0.15, 0.2) is 34.8 Å². The van der Waals surface area contributed by atoms with E-state index in [-0.39, 0.29) is 16.0 Å². The molecule has 2 rings (SSSR count). The minimum atomic E-state index is -0.734. The zero-order valence-corrected chi connectivity index (χ0v) is 12.7. The van der Waals surface area contributed by atoms with Gasteiger partial charge in [-0.25, -0.2) is 8.78 Å². The lowest BCUT2D eigenvalue weighted by Crippen LogP contribution is -2.15. The van der Waals surface area contributed by atoms with Gasteiger partial charge >= 0.3 is 0 Å². The van der Waals surface area contributed by atoms with Crippen LogP contribution in [0.5, 0.6) is 5.75 Å². The van der Waals surface area contributed by atoms with Crippen LogP contribution in [0.25, 0.3) is 0 Å². The highest BCUT2D eigenvalue weighted by Gasteiger charge is 2.19. The first-order valence-corrected chi connectivity index (χ1v) is 6.78. The number of ether oxygens (including phenoxy) is 1. The molecule has 2 aromatic rings. The first-order chi connectivity index (χ1) is 9.43. The van der Waals surface area contributed by atoms with Crippen LogP contribution in [-0.4, -0.2) is 7.11 Å². The summed E-state index contributed by atoms with van der Waals surface area (Å²) in [6.45, 7) is 1.80. The molecule has 1 atom stereocenters. The molecule has 106 valence electrons. The van der Waals surface area contributed by atoms with Crippen LogP contribution < -0.4 is 10.5 Å². The Morgan fingerprint density at radius 2 is 1.80 bits per heavy atom. The summed E-state index contributed by atoms with van der Waals surface area (Å²) in [7, 11) is 1.42. The fraction of sp³-hybridized carbons (Fsp3) is 0.200. The Balaban J connectivity index is 2.52. The van der Waals surface area contributed by atoms with Gasteiger partial charge in [0.05, 0.1) is 17.6 Å². The second-order valence-corrected chi connectivity index (χ2v) is 5.37. The van der Waals surface area contributed by atoms with Gasteiger partial charge in [0.2, 0.25) is 0 Å². The predicted octanol–water partition coefficient (Wildman–Crippen LogP) is 4.09. The molecule has 0 bridgehead atoms. The van der Waals surface area contributed by atoms with Gasteiger partial charge in [-0.3, -0.25) is 0 Å². The Hall–Kier alpha value is -1.46. The molecule has 0 aromatic heterocycles. The highest BCUT2D eigenvalue weighted by Crippen LogP contribution is 2.33. The van der Waals surface area contributed by atoms with Crippen molar-refractivity contribution in [3.05, 3.63) is 63.1 Å². The fourth-order valence-electron chi connectivity index (χ4n) is 2.02. The number of methoxy groups -OCH3 is 1. The monoisotopic (exact) mass is 341 g/mol. The number of halogens is 3. The topological polar surface area (TPSA) is 35.2 Å². The molecule has 0 heterocycles. The molecular formula is C15H14BrF2NO. The molecule has 0 spiro atoms. The molecule has 0 fully saturated rings.